The number of hydrogen-bond donors (Lipinski definition) is 0. The topological polar surface area (TPSA) is 0 Å². The molecule has 0 heterocycles. The zero-order valence-electron chi connectivity index (χ0n) is 29.4. The molecule has 0 N–H and O–H groups in total. The van der Waals surface area contributed by atoms with Gasteiger partial charge in [-0.15, -0.1) is 24.8 Å². The second-order valence-corrected chi connectivity index (χ2v) is 46.1. The maximum atomic E-state index is 2.78. The molecule has 0 saturated heterocycles. The first kappa shape index (κ1) is 35.8. The molecule has 0 radical (unpaired) electrons. The minimum Gasteiger partial charge on any atom is -0.147 e. The molecule has 2 atom stereocenters. The molecule has 2 aliphatic carbocycles. The summed E-state index contributed by atoms with van der Waals surface area (Å²) in [6.07, 6.45) is 5.17. The van der Waals surface area contributed by atoms with Gasteiger partial charge in [0, 0.05) is 0 Å². The average molecular weight is 777 g/mol. The van der Waals surface area contributed by atoms with Gasteiger partial charge in [0.25, 0.3) is 0 Å². The van der Waals surface area contributed by atoms with Crippen LogP contribution in [0.5, 0.6) is 0 Å². The Balaban J connectivity index is 0.00000208. The van der Waals surface area contributed by atoms with Crippen molar-refractivity contribution in [2.24, 2.45) is 5.92 Å². The van der Waals surface area contributed by atoms with Crippen LogP contribution in [0.1, 0.15) is 55.8 Å². The van der Waals surface area contributed by atoms with Crippen molar-refractivity contribution in [1.29, 1.82) is 0 Å². The van der Waals surface area contributed by atoms with Crippen LogP contribution in [0.15, 0.2) is 126 Å². The first-order valence-electron chi connectivity index (χ1n) is 17.2. The molecule has 8 rings (SSSR count). The molecule has 4 heteroatoms. The Morgan fingerprint density at radius 1 is 0.571 bits per heavy atom. The van der Waals surface area contributed by atoms with Crippen LogP contribution in [0.4, 0.5) is 0 Å². The Hall–Kier alpha value is -3.00. The van der Waals surface area contributed by atoms with E-state index in [2.05, 4.69) is 171 Å². The average Bonchev–Trinajstić information content (AvgIpc) is 3.65. The second kappa shape index (κ2) is 13.0. The normalized spacial score (nSPS) is 16.9. The van der Waals surface area contributed by atoms with E-state index in [0.717, 1.165) is 0 Å². The van der Waals surface area contributed by atoms with Gasteiger partial charge < -0.3 is 0 Å². The number of allylic oxidation sites excluding steroid dienone is 2. The number of benzene rings is 6. The Bertz CT molecular complexity index is 2390. The quantitative estimate of drug-likeness (QED) is 0.121. The number of aryl methyl sites for hydroxylation is 1. The van der Waals surface area contributed by atoms with E-state index in [1.807, 2.05) is 0 Å². The third-order valence-electron chi connectivity index (χ3n) is 11.4. The third kappa shape index (κ3) is 5.59. The summed E-state index contributed by atoms with van der Waals surface area (Å²) < 4.78 is 6.54. The van der Waals surface area contributed by atoms with Gasteiger partial charge >= 0.3 is 285 Å². The Morgan fingerprint density at radius 3 is 2.00 bits per heavy atom. The molecular formula is C45H46Cl2SiZr. The largest absolute Gasteiger partial charge is 0.147 e. The molecule has 6 aromatic rings. The van der Waals surface area contributed by atoms with Crippen molar-refractivity contribution in [2.45, 2.75) is 44.2 Å². The van der Waals surface area contributed by atoms with E-state index in [1.54, 1.807) is 22.3 Å². The van der Waals surface area contributed by atoms with Crippen molar-refractivity contribution < 1.29 is 17.4 Å². The zero-order valence-corrected chi connectivity index (χ0v) is 34.9. The summed E-state index contributed by atoms with van der Waals surface area (Å²) in [5.74, 6) is 0.483. The van der Waals surface area contributed by atoms with Gasteiger partial charge in [0.1, 0.15) is 0 Å². The molecule has 0 amide bonds. The molecule has 248 valence electrons. The maximum Gasteiger partial charge on any atom is -0.147 e. The molecule has 0 fully saturated rings. The standard InChI is InChI=1S/C26H21.C17H15.2CH3.2ClH.H2Si.Zr/c1-17(2)20-15-19-8-5-10-24(26(19)16-20)23-12-6-11-22-21-9-4-3-7-18(21)13-14-25(22)23;1-12-10-16-13(2)8-9-15(17(16)11-12)14-6-4-3-5-7-14;;;;;;/h3-17H,1-2H3;3-11H,1-2H3;2*1H3;2*1H;1H2;. The Labute approximate surface area is 307 Å². The Kier molecular flexibility index (Phi) is 9.47. The summed E-state index contributed by atoms with van der Waals surface area (Å²) in [4.78, 5) is 0. The van der Waals surface area contributed by atoms with Crippen molar-refractivity contribution >= 4 is 65.4 Å². The van der Waals surface area contributed by atoms with E-state index in [-0.39, 0.29) is 24.8 Å². The van der Waals surface area contributed by atoms with Crippen LogP contribution in [0, 0.1) is 12.8 Å². The van der Waals surface area contributed by atoms with Gasteiger partial charge in [-0.1, -0.05) is 0 Å². The minimum absolute atomic E-state index is 0. The summed E-state index contributed by atoms with van der Waals surface area (Å²) in [5, 5.41) is 5.30. The van der Waals surface area contributed by atoms with Crippen LogP contribution in [-0.4, -0.2) is 6.88 Å². The van der Waals surface area contributed by atoms with Crippen LogP contribution in [0.2, 0.25) is 9.26 Å². The van der Waals surface area contributed by atoms with Crippen LogP contribution in [0.3, 0.4) is 0 Å². The van der Waals surface area contributed by atoms with Crippen molar-refractivity contribution in [2.75, 3.05) is 0 Å². The predicted octanol–water partition coefficient (Wildman–Crippen LogP) is 13.1. The van der Waals surface area contributed by atoms with Crippen LogP contribution in [-0.2, 0) is 17.4 Å². The summed E-state index contributed by atoms with van der Waals surface area (Å²) >= 11 is -3.74. The van der Waals surface area contributed by atoms with Gasteiger partial charge in [0.15, 0.2) is 0 Å². The van der Waals surface area contributed by atoms with Crippen LogP contribution < -0.4 is 0 Å². The summed E-state index contributed by atoms with van der Waals surface area (Å²) in [6, 6.07) is 43.3. The minimum atomic E-state index is -3.74. The molecule has 0 bridgehead atoms. The summed E-state index contributed by atoms with van der Waals surface area (Å²) in [7, 11) is 0. The second-order valence-electron chi connectivity index (χ2n) is 15.6. The first-order valence-corrected chi connectivity index (χ1v) is 30.9. The van der Waals surface area contributed by atoms with Crippen LogP contribution >= 0.6 is 24.8 Å². The van der Waals surface area contributed by atoms with Crippen LogP contribution in [0.25, 0.3) is 56.0 Å². The first-order chi connectivity index (χ1) is 22.5. The van der Waals surface area contributed by atoms with Gasteiger partial charge in [-0.3, -0.25) is 0 Å². The fourth-order valence-electron chi connectivity index (χ4n) is 9.57. The maximum absolute atomic E-state index is 3.74. The van der Waals surface area contributed by atoms with Crippen molar-refractivity contribution in [3.05, 3.63) is 154 Å². The predicted molar refractivity (Wildman–Crippen MR) is 220 cm³/mol. The zero-order chi connectivity index (χ0) is 32.7. The van der Waals surface area contributed by atoms with E-state index in [4.69, 9.17) is 0 Å². The van der Waals surface area contributed by atoms with Gasteiger partial charge in [-0.2, -0.15) is 0 Å². The smallest absolute Gasteiger partial charge is 0.147 e. The molecule has 0 nitrogen and oxygen atoms in total. The molecule has 0 aliphatic heterocycles. The molecule has 2 unspecified atom stereocenters. The van der Waals surface area contributed by atoms with E-state index >= 15 is 0 Å². The SMILES string of the molecule is CC1=Cc2c(-c3ccccc3)ccc(C)c2[CH]1[Zr]([CH3])([CH3])(=[SiH2])[CH]1C(C(C)C)=Cc2c(-c3cccc4c3ccc3ccccc34)cccc21.Cl.Cl. The number of fused-ring (bicyclic) bond motifs is 5. The van der Waals surface area contributed by atoms with E-state index in [9.17, 15) is 0 Å². The van der Waals surface area contributed by atoms with Gasteiger partial charge in [-0.25, -0.2) is 0 Å². The number of hydrogen-bond acceptors (Lipinski definition) is 0. The fraction of sp³-hybridized carbons (Fsp3) is 0.200. The number of rotatable bonds is 5. The van der Waals surface area contributed by atoms with E-state index in [0.29, 0.717) is 13.2 Å². The van der Waals surface area contributed by atoms with Crippen molar-refractivity contribution in [1.82, 2.24) is 0 Å². The molecular weight excluding hydrogens is 731 g/mol. The molecule has 0 aromatic heterocycles. The summed E-state index contributed by atoms with van der Waals surface area (Å²) in [5.41, 5.74) is 16.1. The summed E-state index contributed by atoms with van der Waals surface area (Å²) in [6.45, 7) is 12.1. The molecule has 0 saturated carbocycles. The Morgan fingerprint density at radius 2 is 1.24 bits per heavy atom. The van der Waals surface area contributed by atoms with E-state index < -0.39 is 17.4 Å². The molecule has 49 heavy (non-hydrogen) atoms. The van der Waals surface area contributed by atoms with Gasteiger partial charge in [-0.05, 0) is 0 Å². The van der Waals surface area contributed by atoms with Gasteiger partial charge in [0.2, 0.25) is 0 Å². The number of halogens is 2. The fourth-order valence-corrected chi connectivity index (χ4v) is 30.2. The molecule has 0 spiro atoms. The monoisotopic (exact) mass is 774 g/mol. The van der Waals surface area contributed by atoms with Crippen molar-refractivity contribution in [3.63, 3.8) is 0 Å². The van der Waals surface area contributed by atoms with Crippen molar-refractivity contribution in [3.8, 4) is 22.3 Å². The third-order valence-corrected chi connectivity index (χ3v) is 29.0. The molecule has 2 aliphatic rings. The van der Waals surface area contributed by atoms with E-state index in [1.165, 1.54) is 60.5 Å². The molecule has 6 aromatic carbocycles. The van der Waals surface area contributed by atoms with Gasteiger partial charge in [0.05, 0.1) is 0 Å².